The fraction of sp³-hybridized carbons (Fsp3) is 0.562. The van der Waals surface area contributed by atoms with Gasteiger partial charge < -0.3 is 4.90 Å². The number of nitriles is 1. The summed E-state index contributed by atoms with van der Waals surface area (Å²) in [6.45, 7) is 7.76. The second kappa shape index (κ2) is 6.22. The molecular weight excluding hydrogens is 280 g/mol. The minimum absolute atomic E-state index is 0.0277. The van der Waals surface area contributed by atoms with E-state index in [0.717, 1.165) is 5.69 Å². The normalized spacial score (nSPS) is 19.4. The molecule has 1 aliphatic heterocycles. The van der Waals surface area contributed by atoms with Gasteiger partial charge in [0.25, 0.3) is 0 Å². The number of Topliss-reactive ketones (excluding diaryl/α,β-unsaturated/α-hetero) is 1. The highest BCUT2D eigenvalue weighted by atomic mass is 16.2. The molecule has 0 N–H and O–H groups in total. The van der Waals surface area contributed by atoms with E-state index in [0.29, 0.717) is 18.1 Å². The molecule has 0 saturated carbocycles. The van der Waals surface area contributed by atoms with Gasteiger partial charge in [-0.1, -0.05) is 0 Å². The molecule has 2 unspecified atom stereocenters. The van der Waals surface area contributed by atoms with Crippen molar-refractivity contribution in [1.29, 1.82) is 5.26 Å². The maximum atomic E-state index is 12.7. The van der Waals surface area contributed by atoms with E-state index < -0.39 is 11.8 Å². The zero-order valence-electron chi connectivity index (χ0n) is 13.3. The van der Waals surface area contributed by atoms with E-state index in [4.69, 9.17) is 0 Å². The summed E-state index contributed by atoms with van der Waals surface area (Å²) in [6, 6.07) is 3.77. The Bertz CT molecular complexity index is 628. The molecule has 0 aliphatic carbocycles. The van der Waals surface area contributed by atoms with E-state index in [1.807, 2.05) is 19.9 Å². The number of carbonyl (C=O) groups is 2. The van der Waals surface area contributed by atoms with Crippen molar-refractivity contribution in [3.05, 3.63) is 23.3 Å². The third-order valence-electron chi connectivity index (χ3n) is 3.88. The van der Waals surface area contributed by atoms with Crippen molar-refractivity contribution in [2.75, 3.05) is 6.54 Å². The number of hydrogen-bond donors (Lipinski definition) is 0. The zero-order valence-corrected chi connectivity index (χ0v) is 13.3. The van der Waals surface area contributed by atoms with Crippen LogP contribution in [0, 0.1) is 31.1 Å². The Morgan fingerprint density at radius 2 is 2.09 bits per heavy atom. The Kier molecular flexibility index (Phi) is 4.55. The molecule has 1 amide bonds. The van der Waals surface area contributed by atoms with Crippen molar-refractivity contribution in [2.45, 2.75) is 46.1 Å². The van der Waals surface area contributed by atoms with Crippen molar-refractivity contribution in [3.8, 4) is 6.07 Å². The lowest BCUT2D eigenvalue weighted by atomic mass is 9.90. The molecule has 1 aromatic rings. The third kappa shape index (κ3) is 3.14. The quantitative estimate of drug-likeness (QED) is 0.841. The number of likely N-dealkylation sites (tertiary alicyclic amines) is 1. The molecule has 22 heavy (non-hydrogen) atoms. The number of ketones is 1. The molecule has 0 radical (unpaired) electrons. The molecule has 1 fully saturated rings. The molecule has 116 valence electrons. The highest BCUT2D eigenvalue weighted by Crippen LogP contribution is 2.27. The van der Waals surface area contributed by atoms with Gasteiger partial charge in [-0.15, -0.1) is 0 Å². The summed E-state index contributed by atoms with van der Waals surface area (Å²) < 4.78 is 0. The van der Waals surface area contributed by atoms with Gasteiger partial charge in [-0.05, 0) is 33.8 Å². The van der Waals surface area contributed by atoms with Gasteiger partial charge in [0.2, 0.25) is 5.91 Å². The lowest BCUT2D eigenvalue weighted by molar-refractivity contribution is -0.129. The molecule has 0 bridgehead atoms. The van der Waals surface area contributed by atoms with Gasteiger partial charge in [-0.2, -0.15) is 5.26 Å². The van der Waals surface area contributed by atoms with Crippen LogP contribution in [0.3, 0.4) is 0 Å². The smallest absolute Gasteiger partial charge is 0.223 e. The molecule has 0 aromatic carbocycles. The number of amides is 1. The van der Waals surface area contributed by atoms with E-state index in [1.165, 1.54) is 0 Å². The highest BCUT2D eigenvalue weighted by Gasteiger charge is 2.39. The topological polar surface area (TPSA) is 87.0 Å². The Labute approximate surface area is 130 Å². The highest BCUT2D eigenvalue weighted by molar-refractivity contribution is 5.95. The van der Waals surface area contributed by atoms with Crippen molar-refractivity contribution < 1.29 is 9.59 Å². The van der Waals surface area contributed by atoms with E-state index in [-0.39, 0.29) is 24.2 Å². The van der Waals surface area contributed by atoms with Gasteiger partial charge >= 0.3 is 0 Å². The van der Waals surface area contributed by atoms with Crippen LogP contribution < -0.4 is 0 Å². The summed E-state index contributed by atoms with van der Waals surface area (Å²) in [5, 5.41) is 9.40. The van der Waals surface area contributed by atoms with E-state index in [9.17, 15) is 14.9 Å². The van der Waals surface area contributed by atoms with Gasteiger partial charge in [0.15, 0.2) is 5.78 Å². The fourth-order valence-electron chi connectivity index (χ4n) is 2.83. The second-order valence-corrected chi connectivity index (χ2v) is 5.99. The van der Waals surface area contributed by atoms with Crippen molar-refractivity contribution >= 4 is 11.7 Å². The van der Waals surface area contributed by atoms with Crippen LogP contribution >= 0.6 is 0 Å². The molecule has 2 rings (SSSR count). The summed E-state index contributed by atoms with van der Waals surface area (Å²) in [5.74, 6) is -1.09. The van der Waals surface area contributed by atoms with Crippen molar-refractivity contribution in [1.82, 2.24) is 14.9 Å². The van der Waals surface area contributed by atoms with E-state index >= 15 is 0 Å². The Morgan fingerprint density at radius 1 is 1.41 bits per heavy atom. The molecule has 1 aromatic heterocycles. The van der Waals surface area contributed by atoms with Crippen LogP contribution in [-0.4, -0.2) is 39.1 Å². The van der Waals surface area contributed by atoms with Crippen LogP contribution in [0.5, 0.6) is 0 Å². The SMILES string of the molecule is Cc1cc(C(C#N)C(=O)C2CC(=O)N(C(C)C)C2)nc(C)n1. The van der Waals surface area contributed by atoms with Crippen LogP contribution in [0.15, 0.2) is 6.07 Å². The van der Waals surface area contributed by atoms with Crippen LogP contribution in [0.25, 0.3) is 0 Å². The lowest BCUT2D eigenvalue weighted by Crippen LogP contribution is -2.33. The van der Waals surface area contributed by atoms with Gasteiger partial charge in [-0.3, -0.25) is 9.59 Å². The summed E-state index contributed by atoms with van der Waals surface area (Å²) in [6.07, 6.45) is 0.179. The minimum Gasteiger partial charge on any atom is -0.340 e. The molecule has 1 saturated heterocycles. The maximum absolute atomic E-state index is 12.7. The first-order valence-corrected chi connectivity index (χ1v) is 7.38. The Morgan fingerprint density at radius 3 is 2.59 bits per heavy atom. The fourth-order valence-corrected chi connectivity index (χ4v) is 2.83. The zero-order chi connectivity index (χ0) is 16.4. The standard InChI is InChI=1S/C16H20N4O2/c1-9(2)20-8-12(6-15(20)21)16(22)13(7-17)14-5-10(3)18-11(4)19-14/h5,9,12-13H,6,8H2,1-4H3. The van der Waals surface area contributed by atoms with Crippen LogP contribution in [0.4, 0.5) is 0 Å². The maximum Gasteiger partial charge on any atom is 0.223 e. The first-order chi connectivity index (χ1) is 10.3. The number of nitrogens with zero attached hydrogens (tertiary/aromatic N) is 4. The number of aromatic nitrogens is 2. The summed E-state index contributed by atoms with van der Waals surface area (Å²) >= 11 is 0. The minimum atomic E-state index is -0.940. The molecule has 6 nitrogen and oxygen atoms in total. The number of hydrogen-bond acceptors (Lipinski definition) is 5. The average Bonchev–Trinajstić information content (AvgIpc) is 2.80. The molecular formula is C16H20N4O2. The van der Waals surface area contributed by atoms with E-state index in [2.05, 4.69) is 9.97 Å². The second-order valence-electron chi connectivity index (χ2n) is 5.99. The Hall–Kier alpha value is -2.29. The molecule has 6 heteroatoms. The summed E-state index contributed by atoms with van der Waals surface area (Å²) in [7, 11) is 0. The largest absolute Gasteiger partial charge is 0.340 e. The number of carbonyl (C=O) groups excluding carboxylic acids is 2. The van der Waals surface area contributed by atoms with Crippen LogP contribution in [0.1, 0.15) is 43.4 Å². The summed E-state index contributed by atoms with van der Waals surface area (Å²) in [5.41, 5.74) is 1.15. The van der Waals surface area contributed by atoms with Gasteiger partial charge in [0.1, 0.15) is 11.7 Å². The molecule has 2 heterocycles. The van der Waals surface area contributed by atoms with Gasteiger partial charge in [0.05, 0.1) is 11.8 Å². The molecule has 1 aliphatic rings. The van der Waals surface area contributed by atoms with Crippen molar-refractivity contribution in [3.63, 3.8) is 0 Å². The van der Waals surface area contributed by atoms with E-state index in [1.54, 1.807) is 24.8 Å². The predicted octanol–water partition coefficient (Wildman–Crippen LogP) is 1.53. The molecule has 2 atom stereocenters. The van der Waals surface area contributed by atoms with Crippen molar-refractivity contribution in [2.24, 2.45) is 5.92 Å². The van der Waals surface area contributed by atoms with Gasteiger partial charge in [0, 0.05) is 30.6 Å². The number of rotatable bonds is 4. The predicted molar refractivity (Wildman–Crippen MR) is 79.8 cm³/mol. The van der Waals surface area contributed by atoms with Crippen LogP contribution in [0.2, 0.25) is 0 Å². The molecule has 0 spiro atoms. The lowest BCUT2D eigenvalue weighted by Gasteiger charge is -2.21. The van der Waals surface area contributed by atoms with Crippen LogP contribution in [-0.2, 0) is 9.59 Å². The third-order valence-corrected chi connectivity index (χ3v) is 3.88. The Balaban J connectivity index is 2.24. The summed E-state index contributed by atoms with van der Waals surface area (Å²) in [4.78, 5) is 34.7. The van der Waals surface area contributed by atoms with Gasteiger partial charge in [-0.25, -0.2) is 9.97 Å². The number of aryl methyl sites for hydroxylation is 2. The first kappa shape index (κ1) is 16.1. The first-order valence-electron chi connectivity index (χ1n) is 7.38. The monoisotopic (exact) mass is 300 g/mol. The average molecular weight is 300 g/mol.